The number of carbonyl (C=O) groups is 1. The first kappa shape index (κ1) is 18.9. The van der Waals surface area contributed by atoms with Crippen LogP contribution in [0.5, 0.6) is 0 Å². The molecule has 0 aliphatic carbocycles. The fourth-order valence-electron chi connectivity index (χ4n) is 2.36. The molecule has 1 amide bonds. The molecule has 0 aliphatic rings. The molecule has 0 fully saturated rings. The number of nitrogens with one attached hydrogen (secondary N) is 2. The van der Waals surface area contributed by atoms with Crippen molar-refractivity contribution >= 4 is 38.9 Å². The molecule has 0 aliphatic heterocycles. The summed E-state index contributed by atoms with van der Waals surface area (Å²) < 4.78 is 40.6. The quantitative estimate of drug-likeness (QED) is 0.655. The van der Waals surface area contributed by atoms with Gasteiger partial charge in [0, 0.05) is 5.69 Å². The summed E-state index contributed by atoms with van der Waals surface area (Å²) in [5.74, 6) is -0.972. The van der Waals surface area contributed by atoms with Gasteiger partial charge in [0.25, 0.3) is 15.9 Å². The molecule has 0 unspecified atom stereocenters. The van der Waals surface area contributed by atoms with Gasteiger partial charge in [-0.1, -0.05) is 35.9 Å². The van der Waals surface area contributed by atoms with Crippen LogP contribution in [0.3, 0.4) is 0 Å². The van der Waals surface area contributed by atoms with E-state index >= 15 is 0 Å². The molecule has 8 heteroatoms. The third kappa shape index (κ3) is 4.45. The second-order valence-corrected chi connectivity index (χ2v) is 7.60. The smallest absolute Gasteiger partial charge is 0.263 e. The van der Waals surface area contributed by atoms with Gasteiger partial charge >= 0.3 is 0 Å². The molecule has 0 aromatic heterocycles. The van der Waals surface area contributed by atoms with Gasteiger partial charge in [-0.25, -0.2) is 12.8 Å². The molecule has 0 saturated carbocycles. The van der Waals surface area contributed by atoms with E-state index < -0.39 is 21.7 Å². The van der Waals surface area contributed by atoms with Crippen molar-refractivity contribution < 1.29 is 17.6 Å². The van der Waals surface area contributed by atoms with Crippen LogP contribution in [0.1, 0.15) is 10.4 Å². The summed E-state index contributed by atoms with van der Waals surface area (Å²) in [5.41, 5.74) is 0.583. The Bertz CT molecular complexity index is 1090. The molecule has 138 valence electrons. The number of rotatable bonds is 5. The van der Waals surface area contributed by atoms with Crippen LogP contribution in [0.2, 0.25) is 5.02 Å². The Kier molecular flexibility index (Phi) is 5.43. The molecule has 0 spiro atoms. The van der Waals surface area contributed by atoms with Crippen LogP contribution >= 0.6 is 11.6 Å². The number of para-hydroxylation sites is 1. The van der Waals surface area contributed by atoms with E-state index in [0.29, 0.717) is 5.69 Å². The zero-order valence-corrected chi connectivity index (χ0v) is 15.4. The molecule has 5 nitrogen and oxygen atoms in total. The van der Waals surface area contributed by atoms with Crippen LogP contribution in [0, 0.1) is 5.82 Å². The van der Waals surface area contributed by atoms with Crippen molar-refractivity contribution in [2.45, 2.75) is 4.90 Å². The van der Waals surface area contributed by atoms with E-state index in [9.17, 15) is 17.6 Å². The molecular formula is C19H14ClFN2O3S. The highest BCUT2D eigenvalue weighted by atomic mass is 35.5. The summed E-state index contributed by atoms with van der Waals surface area (Å²) >= 11 is 5.97. The van der Waals surface area contributed by atoms with Gasteiger partial charge in [-0.2, -0.15) is 0 Å². The van der Waals surface area contributed by atoms with Crippen molar-refractivity contribution in [3.8, 4) is 0 Å². The van der Waals surface area contributed by atoms with Gasteiger partial charge in [-0.05, 0) is 48.5 Å². The molecule has 0 saturated heterocycles. The fourth-order valence-corrected chi connectivity index (χ4v) is 3.96. The molecule has 3 rings (SSSR count). The van der Waals surface area contributed by atoms with Gasteiger partial charge in [-0.3, -0.25) is 9.52 Å². The maximum atomic E-state index is 13.0. The van der Waals surface area contributed by atoms with Gasteiger partial charge in [-0.15, -0.1) is 0 Å². The van der Waals surface area contributed by atoms with Crippen LogP contribution < -0.4 is 10.0 Å². The Morgan fingerprint density at radius 1 is 0.889 bits per heavy atom. The maximum absolute atomic E-state index is 13.0. The topological polar surface area (TPSA) is 75.3 Å². The lowest BCUT2D eigenvalue weighted by atomic mass is 10.1. The molecule has 0 heterocycles. The predicted molar refractivity (Wildman–Crippen MR) is 103 cm³/mol. The summed E-state index contributed by atoms with van der Waals surface area (Å²) in [6, 6.07) is 17.4. The number of sulfonamides is 1. The van der Waals surface area contributed by atoms with Crippen LogP contribution in [0.4, 0.5) is 15.8 Å². The molecule has 3 aromatic rings. The normalized spacial score (nSPS) is 11.0. The average Bonchev–Trinajstić information content (AvgIpc) is 2.64. The highest BCUT2D eigenvalue weighted by Gasteiger charge is 2.20. The summed E-state index contributed by atoms with van der Waals surface area (Å²) in [4.78, 5) is 12.4. The molecular weight excluding hydrogens is 391 g/mol. The minimum atomic E-state index is -3.99. The Hall–Kier alpha value is -2.90. The van der Waals surface area contributed by atoms with Gasteiger partial charge in [0.1, 0.15) is 10.7 Å². The standard InChI is InChI=1S/C19H14ClFN2O3S/c20-16-6-2-4-8-18(16)27(25,26)23-17-7-3-1-5-15(17)19(24)22-14-11-9-13(21)10-12-14/h1-12,23H,(H,22,24). The Balaban J connectivity index is 1.89. The van der Waals surface area contributed by atoms with Crippen molar-refractivity contribution in [2.75, 3.05) is 10.0 Å². The van der Waals surface area contributed by atoms with E-state index in [1.165, 1.54) is 48.5 Å². The number of benzene rings is 3. The lowest BCUT2D eigenvalue weighted by molar-refractivity contribution is 0.102. The molecule has 3 aromatic carbocycles. The largest absolute Gasteiger partial charge is 0.322 e. The Morgan fingerprint density at radius 3 is 2.22 bits per heavy atom. The number of anilines is 2. The summed E-state index contributed by atoms with van der Waals surface area (Å²) in [5, 5.41) is 2.66. The van der Waals surface area contributed by atoms with Gasteiger partial charge in [0.05, 0.1) is 16.3 Å². The number of carbonyl (C=O) groups excluding carboxylic acids is 1. The van der Waals surface area contributed by atoms with Crippen LogP contribution in [-0.4, -0.2) is 14.3 Å². The van der Waals surface area contributed by atoms with Gasteiger partial charge < -0.3 is 5.32 Å². The lowest BCUT2D eigenvalue weighted by Gasteiger charge is -2.13. The first-order valence-electron chi connectivity index (χ1n) is 7.80. The highest BCUT2D eigenvalue weighted by Crippen LogP contribution is 2.25. The third-order valence-electron chi connectivity index (χ3n) is 3.64. The van der Waals surface area contributed by atoms with E-state index in [0.717, 1.165) is 0 Å². The van der Waals surface area contributed by atoms with Crippen molar-refractivity contribution in [3.05, 3.63) is 89.2 Å². The first-order chi connectivity index (χ1) is 12.9. The van der Waals surface area contributed by atoms with E-state index in [1.807, 2.05) is 0 Å². The maximum Gasteiger partial charge on any atom is 0.263 e. The third-order valence-corrected chi connectivity index (χ3v) is 5.51. The fraction of sp³-hybridized carbons (Fsp3) is 0. The molecule has 27 heavy (non-hydrogen) atoms. The zero-order valence-electron chi connectivity index (χ0n) is 13.8. The number of amides is 1. The van der Waals surface area contributed by atoms with E-state index in [4.69, 9.17) is 11.6 Å². The number of halogens is 2. The van der Waals surface area contributed by atoms with E-state index in [2.05, 4.69) is 10.0 Å². The summed E-state index contributed by atoms with van der Waals surface area (Å²) in [6.07, 6.45) is 0. The van der Waals surface area contributed by atoms with Crippen molar-refractivity contribution in [2.24, 2.45) is 0 Å². The lowest BCUT2D eigenvalue weighted by Crippen LogP contribution is -2.18. The number of hydrogen-bond acceptors (Lipinski definition) is 3. The molecule has 0 atom stereocenters. The molecule has 2 N–H and O–H groups in total. The van der Waals surface area contributed by atoms with Crippen molar-refractivity contribution in [3.63, 3.8) is 0 Å². The SMILES string of the molecule is O=C(Nc1ccc(F)cc1)c1ccccc1NS(=O)(=O)c1ccccc1Cl. The second kappa shape index (κ2) is 7.77. The van der Waals surface area contributed by atoms with E-state index in [1.54, 1.807) is 24.3 Å². The van der Waals surface area contributed by atoms with Gasteiger partial charge in [0.15, 0.2) is 0 Å². The van der Waals surface area contributed by atoms with Crippen molar-refractivity contribution in [1.82, 2.24) is 0 Å². The Morgan fingerprint density at radius 2 is 1.52 bits per heavy atom. The predicted octanol–water partition coefficient (Wildman–Crippen LogP) is 4.53. The second-order valence-electron chi connectivity index (χ2n) is 5.54. The monoisotopic (exact) mass is 404 g/mol. The highest BCUT2D eigenvalue weighted by molar-refractivity contribution is 7.92. The molecule has 0 bridgehead atoms. The molecule has 0 radical (unpaired) electrons. The van der Waals surface area contributed by atoms with Crippen LogP contribution in [0.25, 0.3) is 0 Å². The van der Waals surface area contributed by atoms with E-state index in [-0.39, 0.29) is 21.2 Å². The first-order valence-corrected chi connectivity index (χ1v) is 9.66. The van der Waals surface area contributed by atoms with Crippen molar-refractivity contribution in [1.29, 1.82) is 0 Å². The number of hydrogen-bond donors (Lipinski definition) is 2. The van der Waals surface area contributed by atoms with Crippen LogP contribution in [-0.2, 0) is 10.0 Å². The minimum Gasteiger partial charge on any atom is -0.322 e. The van der Waals surface area contributed by atoms with Crippen LogP contribution in [0.15, 0.2) is 77.7 Å². The van der Waals surface area contributed by atoms with Gasteiger partial charge in [0.2, 0.25) is 0 Å². The minimum absolute atomic E-state index is 0.0678. The summed E-state index contributed by atoms with van der Waals surface area (Å²) in [6.45, 7) is 0. The Labute approximate surface area is 160 Å². The zero-order chi connectivity index (χ0) is 19.4. The average molecular weight is 405 g/mol. The summed E-state index contributed by atoms with van der Waals surface area (Å²) in [7, 11) is -3.99.